The van der Waals surface area contributed by atoms with Gasteiger partial charge < -0.3 is 0 Å². The van der Waals surface area contributed by atoms with E-state index >= 15 is 0 Å². The summed E-state index contributed by atoms with van der Waals surface area (Å²) in [5, 5.41) is 3.19. The lowest BCUT2D eigenvalue weighted by atomic mass is 10.6. The molecule has 0 aliphatic rings. The molecule has 0 saturated heterocycles. The molecule has 0 N–H and O–H groups in total. The van der Waals surface area contributed by atoms with Crippen molar-refractivity contribution in [3.63, 3.8) is 0 Å². The van der Waals surface area contributed by atoms with Gasteiger partial charge in [0, 0.05) is 22.9 Å². The zero-order chi connectivity index (χ0) is 9.47. The highest BCUT2D eigenvalue weighted by atomic mass is 35.7. The van der Waals surface area contributed by atoms with E-state index in [2.05, 4.69) is 15.1 Å². The number of hydrogen-bond donors (Lipinski definition) is 0. The second-order valence-corrected chi connectivity index (χ2v) is 4.67. The Labute approximate surface area is 77.6 Å². The minimum absolute atomic E-state index is 0.384. The molecule has 0 saturated carbocycles. The molecule has 0 bridgehead atoms. The van der Waals surface area contributed by atoms with Crippen LogP contribution in [0.15, 0.2) is 23.7 Å². The molecule has 0 atom stereocenters. The van der Waals surface area contributed by atoms with E-state index in [9.17, 15) is 8.42 Å². The van der Waals surface area contributed by atoms with Crippen LogP contribution in [0.2, 0.25) is 0 Å². The van der Waals surface area contributed by atoms with Crippen LogP contribution >= 0.6 is 10.7 Å². The van der Waals surface area contributed by atoms with E-state index in [0.29, 0.717) is 5.65 Å². The van der Waals surface area contributed by atoms with Crippen LogP contribution in [-0.2, 0) is 9.05 Å². The van der Waals surface area contributed by atoms with Crippen molar-refractivity contribution in [3.8, 4) is 0 Å². The van der Waals surface area contributed by atoms with Crippen LogP contribution in [0.3, 0.4) is 0 Å². The number of halogens is 1. The molecule has 0 aliphatic heterocycles. The van der Waals surface area contributed by atoms with Gasteiger partial charge in [0.2, 0.25) is 0 Å². The Morgan fingerprint density at radius 2 is 2.23 bits per heavy atom. The molecule has 8 heteroatoms. The number of fused-ring (bicyclic) bond motifs is 1. The van der Waals surface area contributed by atoms with Gasteiger partial charge in [0.1, 0.15) is 6.33 Å². The summed E-state index contributed by atoms with van der Waals surface area (Å²) in [7, 11) is 1.18. The Hall–Kier alpha value is -1.21. The third-order valence-corrected chi connectivity index (χ3v) is 2.37. The minimum atomic E-state index is -3.86. The average molecular weight is 219 g/mol. The van der Waals surface area contributed by atoms with E-state index < -0.39 is 14.2 Å². The first-order valence-corrected chi connectivity index (χ1v) is 5.49. The highest BCUT2D eigenvalue weighted by Gasteiger charge is 2.16. The molecular formula is C5H3ClN4O2S. The van der Waals surface area contributed by atoms with Gasteiger partial charge in [-0.15, -0.1) is 5.10 Å². The van der Waals surface area contributed by atoms with E-state index in [4.69, 9.17) is 10.7 Å². The van der Waals surface area contributed by atoms with Crippen molar-refractivity contribution in [2.45, 2.75) is 5.16 Å². The summed E-state index contributed by atoms with van der Waals surface area (Å²) in [5.41, 5.74) is 0.384. The van der Waals surface area contributed by atoms with Gasteiger partial charge in [0.25, 0.3) is 14.2 Å². The molecule has 2 rings (SSSR count). The van der Waals surface area contributed by atoms with Gasteiger partial charge in [-0.3, -0.25) is 0 Å². The fraction of sp³-hybridized carbons (Fsp3) is 0. The van der Waals surface area contributed by atoms with Gasteiger partial charge in [0.15, 0.2) is 5.65 Å². The van der Waals surface area contributed by atoms with E-state index in [1.807, 2.05) is 0 Å². The van der Waals surface area contributed by atoms with Gasteiger partial charge in [-0.25, -0.2) is 17.9 Å². The van der Waals surface area contributed by atoms with Crippen molar-refractivity contribution < 1.29 is 8.42 Å². The molecule has 6 nitrogen and oxygen atoms in total. The zero-order valence-corrected chi connectivity index (χ0v) is 7.70. The third kappa shape index (κ3) is 1.47. The van der Waals surface area contributed by atoms with Gasteiger partial charge in [-0.1, -0.05) is 0 Å². The van der Waals surface area contributed by atoms with Gasteiger partial charge in [-0.2, -0.15) is 4.98 Å². The van der Waals surface area contributed by atoms with Crippen molar-refractivity contribution in [2.75, 3.05) is 0 Å². The molecule has 68 valence electrons. The largest absolute Gasteiger partial charge is 0.298 e. The Morgan fingerprint density at radius 1 is 1.46 bits per heavy atom. The first kappa shape index (κ1) is 8.39. The third-order valence-electron chi connectivity index (χ3n) is 1.34. The van der Waals surface area contributed by atoms with Crippen LogP contribution in [0.25, 0.3) is 5.65 Å². The normalized spacial score (nSPS) is 12.1. The first-order chi connectivity index (χ1) is 6.07. The van der Waals surface area contributed by atoms with Crippen LogP contribution in [0.5, 0.6) is 0 Å². The average Bonchev–Trinajstić information content (AvgIpc) is 2.45. The lowest BCUT2D eigenvalue weighted by Crippen LogP contribution is -1.94. The second kappa shape index (κ2) is 2.64. The van der Waals surface area contributed by atoms with Crippen molar-refractivity contribution in [1.29, 1.82) is 0 Å². The molecule has 13 heavy (non-hydrogen) atoms. The summed E-state index contributed by atoms with van der Waals surface area (Å²) in [5.74, 6) is 0. The fourth-order valence-corrected chi connectivity index (χ4v) is 1.41. The molecule has 0 aromatic carbocycles. The SMILES string of the molecule is O=S(=O)(Cl)c1nc2ccncn2n1. The van der Waals surface area contributed by atoms with Crippen LogP contribution in [0, 0.1) is 0 Å². The van der Waals surface area contributed by atoms with E-state index in [-0.39, 0.29) is 0 Å². The van der Waals surface area contributed by atoms with Crippen LogP contribution in [0.4, 0.5) is 0 Å². The zero-order valence-electron chi connectivity index (χ0n) is 6.12. The maximum atomic E-state index is 10.8. The molecule has 2 aromatic heterocycles. The van der Waals surface area contributed by atoms with Gasteiger partial charge in [-0.05, 0) is 0 Å². The lowest BCUT2D eigenvalue weighted by molar-refractivity contribution is 0.601. The Morgan fingerprint density at radius 3 is 2.85 bits per heavy atom. The molecule has 0 spiro atoms. The summed E-state index contributed by atoms with van der Waals surface area (Å²) in [6.45, 7) is 0. The monoisotopic (exact) mass is 218 g/mol. The minimum Gasteiger partial charge on any atom is -0.245 e. The second-order valence-electron chi connectivity index (χ2n) is 2.22. The van der Waals surface area contributed by atoms with E-state index in [1.165, 1.54) is 23.1 Å². The number of rotatable bonds is 1. The number of aromatic nitrogens is 4. The smallest absolute Gasteiger partial charge is 0.245 e. The topological polar surface area (TPSA) is 77.2 Å². The summed E-state index contributed by atoms with van der Waals surface area (Å²) in [6, 6.07) is 1.53. The van der Waals surface area contributed by atoms with Gasteiger partial charge >= 0.3 is 0 Å². The molecule has 2 heterocycles. The van der Waals surface area contributed by atoms with Gasteiger partial charge in [0.05, 0.1) is 0 Å². The van der Waals surface area contributed by atoms with E-state index in [0.717, 1.165) is 0 Å². The first-order valence-electron chi connectivity index (χ1n) is 3.18. The Bertz CT molecular complexity index is 515. The number of hydrogen-bond acceptors (Lipinski definition) is 5. The number of nitrogens with zero attached hydrogens (tertiary/aromatic N) is 4. The Kier molecular flexibility index (Phi) is 1.70. The predicted octanol–water partition coefficient (Wildman–Crippen LogP) is 0.0518. The Balaban J connectivity index is 2.77. The summed E-state index contributed by atoms with van der Waals surface area (Å²) < 4.78 is 22.8. The van der Waals surface area contributed by atoms with Crippen LogP contribution in [-0.4, -0.2) is 28.0 Å². The molecule has 0 fully saturated rings. The molecule has 0 radical (unpaired) electrons. The molecule has 0 amide bonds. The summed E-state index contributed by atoms with van der Waals surface area (Å²) in [4.78, 5) is 7.41. The van der Waals surface area contributed by atoms with Crippen LogP contribution in [0.1, 0.15) is 0 Å². The molecule has 2 aromatic rings. The van der Waals surface area contributed by atoms with Crippen molar-refractivity contribution in [1.82, 2.24) is 19.6 Å². The highest BCUT2D eigenvalue weighted by molar-refractivity contribution is 8.13. The summed E-state index contributed by atoms with van der Waals surface area (Å²) in [6.07, 6.45) is 2.82. The summed E-state index contributed by atoms with van der Waals surface area (Å²) >= 11 is 0. The fourth-order valence-electron chi connectivity index (χ4n) is 0.828. The van der Waals surface area contributed by atoms with Crippen LogP contribution < -0.4 is 0 Å². The maximum Gasteiger partial charge on any atom is 0.298 e. The highest BCUT2D eigenvalue weighted by Crippen LogP contribution is 2.09. The van der Waals surface area contributed by atoms with Crippen molar-refractivity contribution >= 4 is 25.4 Å². The molecule has 0 unspecified atom stereocenters. The lowest BCUT2D eigenvalue weighted by Gasteiger charge is -1.84. The quantitative estimate of drug-likeness (QED) is 0.632. The predicted molar refractivity (Wildman–Crippen MR) is 43.8 cm³/mol. The standard InChI is InChI=1S/C5H3ClN4O2S/c6-13(11,12)5-8-4-1-2-7-3-10(4)9-5/h1-3H. The van der Waals surface area contributed by atoms with Crippen molar-refractivity contribution in [2.24, 2.45) is 0 Å². The van der Waals surface area contributed by atoms with Crippen molar-refractivity contribution in [3.05, 3.63) is 18.6 Å². The maximum absolute atomic E-state index is 10.8. The molecule has 0 aliphatic carbocycles. The van der Waals surface area contributed by atoms with E-state index in [1.54, 1.807) is 0 Å². The molecular weight excluding hydrogens is 216 g/mol.